The molecule has 0 radical (unpaired) electrons. The summed E-state index contributed by atoms with van der Waals surface area (Å²) in [5.41, 5.74) is 0. The normalized spacial score (nSPS) is 15.5. The van der Waals surface area contributed by atoms with E-state index in [1.54, 1.807) is 0 Å². The highest BCUT2D eigenvalue weighted by Gasteiger charge is 2.28. The van der Waals surface area contributed by atoms with Crippen LogP contribution in [0, 0.1) is 0 Å². The Hall–Kier alpha value is -1.80. The molecule has 0 fully saturated rings. The number of aliphatic hydroxyl groups is 1. The van der Waals surface area contributed by atoms with Crippen LogP contribution < -0.4 is 5.32 Å². The fraction of sp³-hybridized carbons (Fsp3) is 0.711. The van der Waals surface area contributed by atoms with E-state index in [2.05, 4.69) is 79.9 Å². The van der Waals surface area contributed by atoms with E-state index in [9.17, 15) is 19.4 Å². The maximum Gasteiger partial charge on any atom is 0.472 e. The number of likely N-dealkylation sites (N-methyl/N-ethyl adjacent to an activating group) is 1. The first-order valence-corrected chi connectivity index (χ1v) is 19.6. The molecule has 0 aromatic carbocycles. The third kappa shape index (κ3) is 32.5. The van der Waals surface area contributed by atoms with E-state index in [0.29, 0.717) is 23.9 Å². The van der Waals surface area contributed by atoms with Crippen LogP contribution in [0.4, 0.5) is 0 Å². The second-order valence-electron chi connectivity index (χ2n) is 13.2. The van der Waals surface area contributed by atoms with Crippen LogP contribution >= 0.6 is 7.82 Å². The van der Waals surface area contributed by atoms with Gasteiger partial charge in [0.25, 0.3) is 0 Å². The minimum Gasteiger partial charge on any atom is -0.391 e. The molecule has 9 heteroatoms. The number of unbranched alkanes of at least 4 members (excludes halogenated alkanes) is 8. The molecule has 0 aliphatic carbocycles. The van der Waals surface area contributed by atoms with Gasteiger partial charge in [-0.25, -0.2) is 4.57 Å². The number of nitrogens with one attached hydrogen (secondary N) is 1. The van der Waals surface area contributed by atoms with Crippen molar-refractivity contribution in [1.82, 2.24) is 5.32 Å². The van der Waals surface area contributed by atoms with Crippen LogP contribution in [0.25, 0.3) is 0 Å². The van der Waals surface area contributed by atoms with Crippen LogP contribution in [0.15, 0.2) is 60.8 Å². The van der Waals surface area contributed by atoms with Crippen molar-refractivity contribution in [2.24, 2.45) is 0 Å². The summed E-state index contributed by atoms with van der Waals surface area (Å²) < 4.78 is 23.3. The van der Waals surface area contributed by atoms with Crippen LogP contribution in [0.5, 0.6) is 0 Å². The number of rotatable bonds is 31. The maximum absolute atomic E-state index is 12.7. The summed E-state index contributed by atoms with van der Waals surface area (Å²) >= 11 is 0. The Bertz CT molecular complexity index is 954. The van der Waals surface area contributed by atoms with E-state index < -0.39 is 20.0 Å². The van der Waals surface area contributed by atoms with Crippen molar-refractivity contribution in [2.45, 2.75) is 135 Å². The zero-order valence-corrected chi connectivity index (χ0v) is 31.4. The Morgan fingerprint density at radius 1 is 0.745 bits per heavy atom. The number of hydrogen-bond donors (Lipinski definition) is 3. The highest BCUT2D eigenvalue weighted by Crippen LogP contribution is 2.43. The molecule has 0 aliphatic heterocycles. The van der Waals surface area contributed by atoms with E-state index in [1.165, 1.54) is 19.3 Å². The molecule has 0 aliphatic rings. The second kappa shape index (κ2) is 30.3. The van der Waals surface area contributed by atoms with E-state index in [0.717, 1.165) is 77.0 Å². The lowest BCUT2D eigenvalue weighted by Gasteiger charge is -2.26. The third-order valence-electron chi connectivity index (χ3n) is 7.53. The number of amides is 1. The molecule has 0 aromatic rings. The molecule has 0 heterocycles. The summed E-state index contributed by atoms with van der Waals surface area (Å²) in [6.07, 6.45) is 37.0. The molecule has 1 amide bonds. The molecule has 47 heavy (non-hydrogen) atoms. The van der Waals surface area contributed by atoms with Crippen LogP contribution in [0.1, 0.15) is 123 Å². The van der Waals surface area contributed by atoms with Crippen molar-refractivity contribution in [2.75, 3.05) is 40.9 Å². The van der Waals surface area contributed by atoms with Crippen molar-refractivity contribution in [3.05, 3.63) is 60.8 Å². The van der Waals surface area contributed by atoms with Gasteiger partial charge in [-0.3, -0.25) is 13.8 Å². The van der Waals surface area contributed by atoms with Gasteiger partial charge in [0.05, 0.1) is 39.9 Å². The Morgan fingerprint density at radius 3 is 1.85 bits per heavy atom. The number of phosphoric ester groups is 1. The summed E-state index contributed by atoms with van der Waals surface area (Å²) in [4.78, 5) is 22.9. The smallest absolute Gasteiger partial charge is 0.391 e. The van der Waals surface area contributed by atoms with Crippen LogP contribution in [-0.2, 0) is 18.4 Å². The summed E-state index contributed by atoms with van der Waals surface area (Å²) in [6.45, 7) is 4.64. The number of allylic oxidation sites excluding steroid dienone is 10. The second-order valence-corrected chi connectivity index (χ2v) is 14.7. The molecule has 0 saturated heterocycles. The van der Waals surface area contributed by atoms with E-state index >= 15 is 0 Å². The molecule has 0 aromatic heterocycles. The Morgan fingerprint density at radius 2 is 1.28 bits per heavy atom. The van der Waals surface area contributed by atoms with Gasteiger partial charge in [-0.05, 0) is 57.8 Å². The lowest BCUT2D eigenvalue weighted by Crippen LogP contribution is -2.46. The molecule has 0 spiro atoms. The number of phosphoric acid groups is 1. The van der Waals surface area contributed by atoms with Gasteiger partial charge in [-0.15, -0.1) is 0 Å². The standard InChI is InChI=1S/C38H69N2O6P/c1-6-8-10-12-14-15-16-17-18-19-20-21-22-23-24-25-26-28-30-32-38(42)39-36(37(41)31-29-27-13-11-9-7-2)35-46-47(43,44)45-34-33-40(3,4)5/h8,10,14-15,17-18,20-21,23-24,36-37,41H,6-7,9,11-13,16,19,22,25-35H2,1-5H3,(H-,39,42,43,44)/p+1/b10-8-,15-14-,18-17-,21-20-,24-23-. The first kappa shape index (κ1) is 45.2. The van der Waals surface area contributed by atoms with Crippen LogP contribution in [0.2, 0.25) is 0 Å². The summed E-state index contributed by atoms with van der Waals surface area (Å²) in [5.74, 6) is -0.186. The SMILES string of the molecule is CC/C=C\C/C=C\C/C=C\C/C=C\C/C=C\CCCCCC(=O)NC(COP(=O)(O)OCC[N+](C)(C)C)C(O)CCCCCCCC. The molecule has 8 nitrogen and oxygen atoms in total. The summed E-state index contributed by atoms with van der Waals surface area (Å²) in [7, 11) is 1.57. The van der Waals surface area contributed by atoms with Crippen molar-refractivity contribution in [1.29, 1.82) is 0 Å². The Balaban J connectivity index is 4.41. The quantitative estimate of drug-likeness (QED) is 0.0292. The van der Waals surface area contributed by atoms with Crippen LogP contribution in [0.3, 0.4) is 0 Å². The highest BCUT2D eigenvalue weighted by molar-refractivity contribution is 7.47. The molecule has 3 unspecified atom stereocenters. The predicted molar refractivity (Wildman–Crippen MR) is 198 cm³/mol. The van der Waals surface area contributed by atoms with Gasteiger partial charge >= 0.3 is 7.82 Å². The zero-order chi connectivity index (χ0) is 35.1. The maximum atomic E-state index is 12.7. The van der Waals surface area contributed by atoms with E-state index in [-0.39, 0.29) is 19.1 Å². The lowest BCUT2D eigenvalue weighted by molar-refractivity contribution is -0.870. The largest absolute Gasteiger partial charge is 0.472 e. The van der Waals surface area contributed by atoms with Gasteiger partial charge in [0.15, 0.2) is 0 Å². The first-order chi connectivity index (χ1) is 22.5. The number of hydrogen-bond acceptors (Lipinski definition) is 5. The molecule has 3 atom stereocenters. The zero-order valence-electron chi connectivity index (χ0n) is 30.5. The first-order valence-electron chi connectivity index (χ1n) is 18.2. The van der Waals surface area contributed by atoms with Gasteiger partial charge in [0.1, 0.15) is 13.2 Å². The molecule has 0 rings (SSSR count). The molecule has 0 saturated carbocycles. The molecule has 3 N–H and O–H groups in total. The van der Waals surface area contributed by atoms with E-state index in [1.807, 2.05) is 21.1 Å². The van der Waals surface area contributed by atoms with Crippen molar-refractivity contribution in [3.8, 4) is 0 Å². The third-order valence-corrected chi connectivity index (χ3v) is 8.51. The van der Waals surface area contributed by atoms with Crippen LogP contribution in [-0.4, -0.2) is 73.4 Å². The van der Waals surface area contributed by atoms with E-state index in [4.69, 9.17) is 9.05 Å². The molecule has 272 valence electrons. The summed E-state index contributed by atoms with van der Waals surface area (Å²) in [6, 6.07) is -0.776. The number of carbonyl (C=O) groups excluding carboxylic acids is 1. The minimum atomic E-state index is -4.31. The van der Waals surface area contributed by atoms with Gasteiger partial charge in [0, 0.05) is 6.42 Å². The van der Waals surface area contributed by atoms with Crippen molar-refractivity contribution < 1.29 is 32.9 Å². The fourth-order valence-corrected chi connectivity index (χ4v) is 5.33. The summed E-state index contributed by atoms with van der Waals surface area (Å²) in [5, 5.41) is 13.7. The minimum absolute atomic E-state index is 0.0637. The number of aliphatic hydroxyl groups excluding tert-OH is 1. The number of quaternary nitrogens is 1. The molecule has 0 bridgehead atoms. The monoisotopic (exact) mass is 681 g/mol. The van der Waals surface area contributed by atoms with Gasteiger partial charge in [-0.2, -0.15) is 0 Å². The number of nitrogens with zero attached hydrogens (tertiary/aromatic N) is 1. The predicted octanol–water partition coefficient (Wildman–Crippen LogP) is 9.12. The fourth-order valence-electron chi connectivity index (χ4n) is 4.60. The van der Waals surface area contributed by atoms with Gasteiger partial charge < -0.3 is 19.8 Å². The average Bonchev–Trinajstić information content (AvgIpc) is 3.01. The molecular formula is C38H70N2O6P+. The average molecular weight is 682 g/mol. The van der Waals surface area contributed by atoms with Crippen molar-refractivity contribution >= 4 is 13.7 Å². The highest BCUT2D eigenvalue weighted by atomic mass is 31.2. The number of carbonyl (C=O) groups is 1. The van der Waals surface area contributed by atoms with Gasteiger partial charge in [0.2, 0.25) is 5.91 Å². The van der Waals surface area contributed by atoms with Gasteiger partial charge in [-0.1, -0.05) is 120 Å². The Kier molecular flexibility index (Phi) is 29.1. The Labute approximate surface area is 288 Å². The lowest BCUT2D eigenvalue weighted by atomic mass is 10.0. The van der Waals surface area contributed by atoms with Crippen molar-refractivity contribution in [3.63, 3.8) is 0 Å². The molecular weight excluding hydrogens is 611 g/mol. The topological polar surface area (TPSA) is 105 Å².